The molecular weight excluding hydrogens is 274 g/mol. The van der Waals surface area contributed by atoms with Crippen molar-refractivity contribution in [3.05, 3.63) is 42.2 Å². The zero-order valence-electron chi connectivity index (χ0n) is 13.3. The van der Waals surface area contributed by atoms with Gasteiger partial charge in [0.05, 0.1) is 7.11 Å². The highest BCUT2D eigenvalue weighted by atomic mass is 16.5. The number of imidazole rings is 1. The zero-order valence-corrected chi connectivity index (χ0v) is 13.3. The van der Waals surface area contributed by atoms with Crippen LogP contribution in [-0.2, 0) is 13.0 Å². The molecule has 4 nitrogen and oxygen atoms in total. The Morgan fingerprint density at radius 3 is 2.82 bits per heavy atom. The van der Waals surface area contributed by atoms with Gasteiger partial charge in [-0.15, -0.1) is 0 Å². The molecule has 0 aliphatic heterocycles. The molecule has 0 aliphatic rings. The average molecular weight is 295 g/mol. The quantitative estimate of drug-likeness (QED) is 0.712. The number of fused-ring (bicyclic) bond motifs is 1. The van der Waals surface area contributed by atoms with Gasteiger partial charge >= 0.3 is 0 Å². The lowest BCUT2D eigenvalue weighted by Crippen LogP contribution is -2.02. The maximum absolute atomic E-state index is 5.47. The van der Waals surface area contributed by atoms with Crippen molar-refractivity contribution >= 4 is 10.9 Å². The molecule has 2 heterocycles. The number of hydrogen-bond acceptors (Lipinski definition) is 3. The molecule has 0 unspecified atom stereocenters. The highest BCUT2D eigenvalue weighted by Gasteiger charge is 2.15. The first-order valence-corrected chi connectivity index (χ1v) is 7.76. The summed E-state index contributed by atoms with van der Waals surface area (Å²) in [6.07, 6.45) is 5.91. The minimum absolute atomic E-state index is 0.802. The molecule has 0 fully saturated rings. The highest BCUT2D eigenvalue weighted by Crippen LogP contribution is 2.30. The summed E-state index contributed by atoms with van der Waals surface area (Å²) in [6, 6.07) is 8.26. The number of benzene rings is 1. The molecule has 0 N–H and O–H groups in total. The zero-order chi connectivity index (χ0) is 15.5. The number of hydrogen-bond donors (Lipinski definition) is 0. The molecule has 0 aliphatic carbocycles. The molecule has 0 amide bonds. The van der Waals surface area contributed by atoms with E-state index in [1.165, 1.54) is 5.56 Å². The summed E-state index contributed by atoms with van der Waals surface area (Å²) in [5.41, 5.74) is 3.10. The van der Waals surface area contributed by atoms with Crippen LogP contribution in [0.25, 0.3) is 22.4 Å². The van der Waals surface area contributed by atoms with Crippen molar-refractivity contribution in [2.24, 2.45) is 0 Å². The normalized spacial score (nSPS) is 11.0. The monoisotopic (exact) mass is 295 g/mol. The molecule has 114 valence electrons. The van der Waals surface area contributed by atoms with Gasteiger partial charge in [0.2, 0.25) is 0 Å². The van der Waals surface area contributed by atoms with Crippen LogP contribution in [0.1, 0.15) is 25.8 Å². The molecule has 0 radical (unpaired) electrons. The van der Waals surface area contributed by atoms with E-state index in [4.69, 9.17) is 9.72 Å². The van der Waals surface area contributed by atoms with Crippen LogP contribution in [0.5, 0.6) is 5.75 Å². The van der Waals surface area contributed by atoms with Gasteiger partial charge in [0.1, 0.15) is 17.0 Å². The lowest BCUT2D eigenvalue weighted by Gasteiger charge is -2.13. The van der Waals surface area contributed by atoms with Crippen molar-refractivity contribution in [3.63, 3.8) is 0 Å². The molecule has 0 spiro atoms. The van der Waals surface area contributed by atoms with Crippen LogP contribution in [0.2, 0.25) is 0 Å². The van der Waals surface area contributed by atoms with Crippen LogP contribution in [0, 0.1) is 0 Å². The SMILES string of the molecule is CCCc1cc2cccc(OC)c2nc1-c1nccn1CC. The summed E-state index contributed by atoms with van der Waals surface area (Å²) in [7, 11) is 1.68. The van der Waals surface area contributed by atoms with Crippen LogP contribution in [-0.4, -0.2) is 21.6 Å². The van der Waals surface area contributed by atoms with E-state index >= 15 is 0 Å². The number of methoxy groups -OCH3 is 1. The summed E-state index contributed by atoms with van der Waals surface area (Å²) in [6.45, 7) is 5.19. The van der Waals surface area contributed by atoms with E-state index in [1.54, 1.807) is 7.11 Å². The number of rotatable bonds is 5. The minimum atomic E-state index is 0.802. The smallest absolute Gasteiger partial charge is 0.158 e. The van der Waals surface area contributed by atoms with Crippen LogP contribution in [0.15, 0.2) is 36.7 Å². The molecule has 0 bridgehead atoms. The predicted molar refractivity (Wildman–Crippen MR) is 89.2 cm³/mol. The lowest BCUT2D eigenvalue weighted by atomic mass is 10.0. The molecule has 1 aromatic carbocycles. The van der Waals surface area contributed by atoms with Crippen LogP contribution in [0.3, 0.4) is 0 Å². The van der Waals surface area contributed by atoms with E-state index in [2.05, 4.69) is 35.5 Å². The topological polar surface area (TPSA) is 39.9 Å². The van der Waals surface area contributed by atoms with Crippen molar-refractivity contribution in [1.29, 1.82) is 0 Å². The van der Waals surface area contributed by atoms with E-state index in [0.29, 0.717) is 0 Å². The van der Waals surface area contributed by atoms with Crippen molar-refractivity contribution in [3.8, 4) is 17.3 Å². The summed E-state index contributed by atoms with van der Waals surface area (Å²) >= 11 is 0. The molecule has 3 rings (SSSR count). The number of para-hydroxylation sites is 1. The van der Waals surface area contributed by atoms with Crippen molar-refractivity contribution in [2.45, 2.75) is 33.2 Å². The van der Waals surface area contributed by atoms with E-state index < -0.39 is 0 Å². The second-order valence-electron chi connectivity index (χ2n) is 5.31. The van der Waals surface area contributed by atoms with Crippen LogP contribution >= 0.6 is 0 Å². The van der Waals surface area contributed by atoms with Gasteiger partial charge in [-0.2, -0.15) is 0 Å². The Labute approximate surface area is 130 Å². The van der Waals surface area contributed by atoms with Gasteiger partial charge in [-0.25, -0.2) is 9.97 Å². The first-order chi connectivity index (χ1) is 10.8. The third-order valence-corrected chi connectivity index (χ3v) is 3.89. The number of nitrogens with zero attached hydrogens (tertiary/aromatic N) is 3. The second-order valence-corrected chi connectivity index (χ2v) is 5.31. The molecule has 0 saturated carbocycles. The van der Waals surface area contributed by atoms with Crippen LogP contribution < -0.4 is 4.74 Å². The number of pyridine rings is 1. The number of aryl methyl sites for hydroxylation is 2. The molecule has 22 heavy (non-hydrogen) atoms. The largest absolute Gasteiger partial charge is 0.494 e. The molecule has 0 atom stereocenters. The van der Waals surface area contributed by atoms with Crippen molar-refractivity contribution in [2.75, 3.05) is 7.11 Å². The van der Waals surface area contributed by atoms with Gasteiger partial charge < -0.3 is 9.30 Å². The van der Waals surface area contributed by atoms with Gasteiger partial charge in [0, 0.05) is 24.3 Å². The van der Waals surface area contributed by atoms with Crippen molar-refractivity contribution in [1.82, 2.24) is 14.5 Å². The predicted octanol–water partition coefficient (Wildman–Crippen LogP) is 4.08. The summed E-state index contributed by atoms with van der Waals surface area (Å²) in [4.78, 5) is 9.43. The number of ether oxygens (including phenoxy) is 1. The standard InChI is InChI=1S/C18H21N3O/c1-4-7-13-12-14-8-6-9-15(22-3)16(14)20-17(13)18-19-10-11-21(18)5-2/h6,8-12H,4-5,7H2,1-3H3. The Morgan fingerprint density at radius 1 is 1.23 bits per heavy atom. The van der Waals surface area contributed by atoms with Gasteiger partial charge in [-0.05, 0) is 31.0 Å². The van der Waals surface area contributed by atoms with E-state index in [9.17, 15) is 0 Å². The average Bonchev–Trinajstić information content (AvgIpc) is 3.02. The minimum Gasteiger partial charge on any atom is -0.494 e. The maximum Gasteiger partial charge on any atom is 0.158 e. The molecule has 3 aromatic rings. The fourth-order valence-corrected chi connectivity index (χ4v) is 2.81. The molecular formula is C18H21N3O. The Hall–Kier alpha value is -2.36. The van der Waals surface area contributed by atoms with E-state index in [1.807, 2.05) is 24.5 Å². The Morgan fingerprint density at radius 2 is 2.09 bits per heavy atom. The van der Waals surface area contributed by atoms with E-state index in [-0.39, 0.29) is 0 Å². The second kappa shape index (κ2) is 6.18. The summed E-state index contributed by atoms with van der Waals surface area (Å²) in [5.74, 6) is 1.73. The molecule has 0 saturated heterocycles. The lowest BCUT2D eigenvalue weighted by molar-refractivity contribution is 0.419. The first-order valence-electron chi connectivity index (χ1n) is 7.76. The fraction of sp³-hybridized carbons (Fsp3) is 0.333. The third kappa shape index (κ3) is 2.45. The fourth-order valence-electron chi connectivity index (χ4n) is 2.81. The van der Waals surface area contributed by atoms with Gasteiger partial charge in [0.15, 0.2) is 5.82 Å². The Balaban J connectivity index is 2.28. The van der Waals surface area contributed by atoms with Gasteiger partial charge in [-0.3, -0.25) is 0 Å². The number of aromatic nitrogens is 3. The van der Waals surface area contributed by atoms with Gasteiger partial charge in [0.25, 0.3) is 0 Å². The van der Waals surface area contributed by atoms with E-state index in [0.717, 1.165) is 47.6 Å². The summed E-state index contributed by atoms with van der Waals surface area (Å²) in [5, 5.41) is 1.11. The first kappa shape index (κ1) is 14.6. The van der Waals surface area contributed by atoms with Gasteiger partial charge in [-0.1, -0.05) is 25.5 Å². The van der Waals surface area contributed by atoms with Crippen molar-refractivity contribution < 1.29 is 4.74 Å². The molecule has 4 heteroatoms. The van der Waals surface area contributed by atoms with Crippen LogP contribution in [0.4, 0.5) is 0 Å². The highest BCUT2D eigenvalue weighted by molar-refractivity contribution is 5.87. The summed E-state index contributed by atoms with van der Waals surface area (Å²) < 4.78 is 7.59. The maximum atomic E-state index is 5.47. The Bertz CT molecular complexity index is 792. The molecule has 2 aromatic heterocycles. The Kier molecular flexibility index (Phi) is 4.09. The third-order valence-electron chi connectivity index (χ3n) is 3.89.